The normalized spacial score (nSPS) is 38.4. The molecule has 0 amide bonds. The molecule has 0 radical (unpaired) electrons. The molecule has 90 valence electrons. The van der Waals surface area contributed by atoms with Gasteiger partial charge in [-0.1, -0.05) is 0 Å². The fourth-order valence-electron chi connectivity index (χ4n) is 3.17. The van der Waals surface area contributed by atoms with E-state index in [0.29, 0.717) is 19.4 Å². The molecule has 2 fully saturated rings. The summed E-state index contributed by atoms with van der Waals surface area (Å²) in [5, 5.41) is 11.3. The van der Waals surface area contributed by atoms with Crippen molar-refractivity contribution in [2.75, 3.05) is 6.61 Å². The van der Waals surface area contributed by atoms with E-state index in [1.165, 1.54) is 0 Å². The van der Waals surface area contributed by atoms with Crippen LogP contribution in [-0.4, -0.2) is 29.0 Å². The van der Waals surface area contributed by atoms with Crippen LogP contribution in [0.1, 0.15) is 39.0 Å². The smallest absolute Gasteiger partial charge is 0.228 e. The van der Waals surface area contributed by atoms with Gasteiger partial charge < -0.3 is 4.74 Å². The Balaban J connectivity index is 2.21. The number of Topliss-reactive ketones (excluding diaryl/α,β-unsaturated/α-hetero) is 1. The zero-order valence-electron chi connectivity index (χ0n) is 9.48. The third-order valence-corrected chi connectivity index (χ3v) is 4.00. The summed E-state index contributed by atoms with van der Waals surface area (Å²) in [6.07, 6.45) is 2.32. The molecule has 0 bridgehead atoms. The minimum absolute atomic E-state index is 0.0474. The molecule has 0 N–H and O–H groups in total. The second-order valence-electron chi connectivity index (χ2n) is 4.77. The topological polar surface area (TPSA) is 69.4 Å². The number of carbonyl (C=O) groups excluding carboxylic acids is 1. The van der Waals surface area contributed by atoms with Crippen LogP contribution in [0.2, 0.25) is 0 Å². The number of ether oxygens (including phenoxy) is 1. The van der Waals surface area contributed by atoms with Crippen molar-refractivity contribution in [2.45, 2.75) is 50.7 Å². The van der Waals surface area contributed by atoms with Crippen LogP contribution in [0.5, 0.6) is 0 Å². The predicted octanol–water partition coefficient (Wildman–Crippen LogP) is 1.57. The van der Waals surface area contributed by atoms with Crippen molar-refractivity contribution >= 4 is 5.78 Å². The highest BCUT2D eigenvalue weighted by atomic mass is 16.6. The molecule has 2 aliphatic carbocycles. The van der Waals surface area contributed by atoms with Gasteiger partial charge in [-0.15, -0.1) is 0 Å². The first-order valence-corrected chi connectivity index (χ1v) is 5.89. The fourth-order valence-corrected chi connectivity index (χ4v) is 3.17. The first kappa shape index (κ1) is 11.5. The molecule has 0 heterocycles. The molecule has 0 aromatic rings. The van der Waals surface area contributed by atoms with Crippen molar-refractivity contribution in [3.05, 3.63) is 10.1 Å². The van der Waals surface area contributed by atoms with Gasteiger partial charge in [0.05, 0.1) is 6.42 Å². The molecule has 0 aromatic heterocycles. The Morgan fingerprint density at radius 1 is 1.62 bits per heavy atom. The lowest BCUT2D eigenvalue weighted by Crippen LogP contribution is -2.52. The van der Waals surface area contributed by atoms with E-state index in [0.717, 1.165) is 12.8 Å². The second-order valence-corrected chi connectivity index (χ2v) is 4.77. The molecule has 5 heteroatoms. The van der Waals surface area contributed by atoms with E-state index in [2.05, 4.69) is 0 Å². The second kappa shape index (κ2) is 4.13. The summed E-state index contributed by atoms with van der Waals surface area (Å²) in [6, 6.07) is 0. The number of fused-ring (bicyclic) bond motifs is 1. The van der Waals surface area contributed by atoms with Gasteiger partial charge in [0.25, 0.3) is 0 Å². The number of hydrogen-bond acceptors (Lipinski definition) is 4. The monoisotopic (exact) mass is 227 g/mol. The number of carbonyl (C=O) groups is 1. The van der Waals surface area contributed by atoms with Gasteiger partial charge in [-0.05, 0) is 19.8 Å². The molecule has 3 atom stereocenters. The fraction of sp³-hybridized carbons (Fsp3) is 0.909. The van der Waals surface area contributed by atoms with Gasteiger partial charge >= 0.3 is 0 Å². The number of nitro groups is 1. The van der Waals surface area contributed by atoms with E-state index in [9.17, 15) is 14.9 Å². The van der Waals surface area contributed by atoms with Crippen LogP contribution in [-0.2, 0) is 9.53 Å². The average Bonchev–Trinajstić information content (AvgIpc) is 2.63. The molecule has 2 rings (SSSR count). The lowest BCUT2D eigenvalue weighted by molar-refractivity contribution is -0.581. The minimum Gasteiger partial charge on any atom is -0.370 e. The van der Waals surface area contributed by atoms with Crippen LogP contribution >= 0.6 is 0 Å². The van der Waals surface area contributed by atoms with E-state index in [4.69, 9.17) is 4.74 Å². The zero-order chi connectivity index (χ0) is 11.8. The predicted molar refractivity (Wildman–Crippen MR) is 56.7 cm³/mol. The van der Waals surface area contributed by atoms with E-state index in [1.807, 2.05) is 6.92 Å². The SMILES string of the molecule is CCO[C@@H]1C[C@]2([N+](=O)[O-])CCC[C@@H]2CC1=O. The van der Waals surface area contributed by atoms with Crippen LogP contribution in [0.15, 0.2) is 0 Å². The summed E-state index contributed by atoms with van der Waals surface area (Å²) in [5.74, 6) is -0.0158. The molecule has 0 aliphatic heterocycles. The molecule has 0 spiro atoms. The van der Waals surface area contributed by atoms with Gasteiger partial charge in [-0.25, -0.2) is 0 Å². The quantitative estimate of drug-likeness (QED) is 0.542. The van der Waals surface area contributed by atoms with Crippen LogP contribution < -0.4 is 0 Å². The van der Waals surface area contributed by atoms with Gasteiger partial charge in [0.2, 0.25) is 5.54 Å². The first-order valence-electron chi connectivity index (χ1n) is 5.89. The summed E-state index contributed by atoms with van der Waals surface area (Å²) < 4.78 is 5.32. The van der Waals surface area contributed by atoms with Crippen molar-refractivity contribution < 1.29 is 14.5 Å². The Morgan fingerprint density at radius 2 is 2.38 bits per heavy atom. The zero-order valence-corrected chi connectivity index (χ0v) is 9.48. The molecule has 2 saturated carbocycles. The van der Waals surface area contributed by atoms with Crippen LogP contribution in [0.3, 0.4) is 0 Å². The molecule has 0 saturated heterocycles. The highest BCUT2D eigenvalue weighted by Crippen LogP contribution is 2.47. The van der Waals surface area contributed by atoms with E-state index >= 15 is 0 Å². The third-order valence-electron chi connectivity index (χ3n) is 4.00. The van der Waals surface area contributed by atoms with Crippen molar-refractivity contribution in [1.82, 2.24) is 0 Å². The van der Waals surface area contributed by atoms with Gasteiger partial charge in [-0.3, -0.25) is 14.9 Å². The number of rotatable bonds is 3. The lowest BCUT2D eigenvalue weighted by Gasteiger charge is -2.34. The summed E-state index contributed by atoms with van der Waals surface area (Å²) in [7, 11) is 0. The van der Waals surface area contributed by atoms with E-state index in [1.54, 1.807) is 0 Å². The van der Waals surface area contributed by atoms with E-state index < -0.39 is 11.6 Å². The minimum atomic E-state index is -0.881. The summed E-state index contributed by atoms with van der Waals surface area (Å²) >= 11 is 0. The highest BCUT2D eigenvalue weighted by Gasteiger charge is 2.59. The molecule has 16 heavy (non-hydrogen) atoms. The maximum atomic E-state index is 11.7. The lowest BCUT2D eigenvalue weighted by atomic mass is 9.73. The Kier molecular flexibility index (Phi) is 2.97. The Labute approximate surface area is 94.3 Å². The molecule has 5 nitrogen and oxygen atoms in total. The molecule has 0 unspecified atom stereocenters. The molecule has 2 aliphatic rings. The van der Waals surface area contributed by atoms with Gasteiger partial charge in [0, 0.05) is 30.3 Å². The van der Waals surface area contributed by atoms with Gasteiger partial charge in [0.1, 0.15) is 6.10 Å². The average molecular weight is 227 g/mol. The Morgan fingerprint density at radius 3 is 3.00 bits per heavy atom. The Hall–Kier alpha value is -0.970. The van der Waals surface area contributed by atoms with Crippen molar-refractivity contribution in [2.24, 2.45) is 5.92 Å². The summed E-state index contributed by atoms with van der Waals surface area (Å²) in [4.78, 5) is 22.8. The van der Waals surface area contributed by atoms with Crippen molar-refractivity contribution in [3.63, 3.8) is 0 Å². The van der Waals surface area contributed by atoms with Gasteiger partial charge in [-0.2, -0.15) is 0 Å². The maximum Gasteiger partial charge on any atom is 0.228 e. The van der Waals surface area contributed by atoms with E-state index in [-0.39, 0.29) is 23.0 Å². The number of nitrogens with zero attached hydrogens (tertiary/aromatic N) is 1. The van der Waals surface area contributed by atoms with Gasteiger partial charge in [0.15, 0.2) is 5.78 Å². The van der Waals surface area contributed by atoms with Crippen LogP contribution in [0.4, 0.5) is 0 Å². The maximum absolute atomic E-state index is 11.7. The first-order chi connectivity index (χ1) is 7.60. The van der Waals surface area contributed by atoms with Crippen LogP contribution in [0, 0.1) is 16.0 Å². The number of ketones is 1. The highest BCUT2D eigenvalue weighted by molar-refractivity contribution is 5.84. The van der Waals surface area contributed by atoms with Crippen molar-refractivity contribution in [1.29, 1.82) is 0 Å². The third kappa shape index (κ3) is 1.63. The summed E-state index contributed by atoms with van der Waals surface area (Å²) in [6.45, 7) is 2.25. The largest absolute Gasteiger partial charge is 0.370 e. The summed E-state index contributed by atoms with van der Waals surface area (Å²) in [5.41, 5.74) is -0.881. The molecular formula is C11H17NO4. The van der Waals surface area contributed by atoms with Crippen LogP contribution in [0.25, 0.3) is 0 Å². The standard InChI is InChI=1S/C11H17NO4/c1-2-16-10-7-11(12(14)15)5-3-4-8(11)6-9(10)13/h8,10H,2-7H2,1H3/t8-,10-,11-/m1/s1. The Bertz CT molecular complexity index is 317. The number of hydrogen-bond donors (Lipinski definition) is 0. The molecular weight excluding hydrogens is 210 g/mol. The molecule has 0 aromatic carbocycles. The van der Waals surface area contributed by atoms with Crippen molar-refractivity contribution in [3.8, 4) is 0 Å².